The molecule has 12 atom stereocenters. The number of phenolic OH excluding ortho intramolecular Hbond substituents is 2. The van der Waals surface area contributed by atoms with Crippen molar-refractivity contribution in [3.63, 3.8) is 0 Å². The van der Waals surface area contributed by atoms with Gasteiger partial charge in [0.15, 0.2) is 0 Å². The molecule has 0 spiro atoms. The molecule has 11 amide bonds. The first kappa shape index (κ1) is 75.2. The molecule has 1 heterocycles. The molecule has 4 rings (SSSR count). The number of aromatic hydroxyl groups is 2. The number of aliphatic hydroxyl groups is 2. The Bertz CT molecular complexity index is 3010. The monoisotopic (exact) mass is 1290 g/mol. The van der Waals surface area contributed by atoms with Crippen LogP contribution in [-0.2, 0) is 76.8 Å². The van der Waals surface area contributed by atoms with E-state index in [-0.39, 0.29) is 101 Å². The van der Waals surface area contributed by atoms with Crippen molar-refractivity contribution in [1.29, 1.82) is 0 Å². The van der Waals surface area contributed by atoms with Crippen molar-refractivity contribution >= 4 is 70.9 Å². The quantitative estimate of drug-likeness (QED) is 0.0252. The molecule has 1 aliphatic rings. The van der Waals surface area contributed by atoms with E-state index in [2.05, 4.69) is 42.5 Å². The van der Waals surface area contributed by atoms with Crippen LogP contribution < -0.4 is 65.5 Å². The van der Waals surface area contributed by atoms with Crippen LogP contribution in [0.15, 0.2) is 78.9 Å². The molecule has 0 bridgehead atoms. The van der Waals surface area contributed by atoms with Gasteiger partial charge in [0.1, 0.15) is 65.9 Å². The van der Waals surface area contributed by atoms with Crippen LogP contribution >= 0.6 is 0 Å². The van der Waals surface area contributed by atoms with E-state index < -0.39 is 150 Å². The Labute approximate surface area is 532 Å². The Morgan fingerprint density at radius 1 is 0.511 bits per heavy atom. The Kier molecular flexibility index (Phi) is 30.4. The number of likely N-dealkylation sites (tertiary alicyclic amines) is 1. The molecule has 0 aliphatic carbocycles. The molecule has 3 aromatic rings. The van der Waals surface area contributed by atoms with Crippen molar-refractivity contribution in [2.75, 3.05) is 13.1 Å². The molecule has 0 saturated carbocycles. The highest BCUT2D eigenvalue weighted by Gasteiger charge is 2.42. The van der Waals surface area contributed by atoms with E-state index in [9.17, 15) is 83.1 Å². The Hall–Kier alpha value is -9.26. The zero-order valence-corrected chi connectivity index (χ0v) is 52.0. The van der Waals surface area contributed by atoms with Gasteiger partial charge in [-0.3, -0.25) is 52.7 Å². The number of aliphatic carboxylic acids is 1. The molecule has 1 fully saturated rings. The third-order valence-electron chi connectivity index (χ3n) is 15.1. The molecule has 92 heavy (non-hydrogen) atoms. The lowest BCUT2D eigenvalue weighted by molar-refractivity contribution is -0.143. The van der Waals surface area contributed by atoms with E-state index in [1.54, 1.807) is 44.2 Å². The highest BCUT2D eigenvalue weighted by atomic mass is 16.4. The second-order valence-electron chi connectivity index (χ2n) is 23.3. The number of benzene rings is 3. The number of carboxylic acid groups (broad SMARTS) is 1. The number of carbonyl (C=O) groups is 12. The molecule has 1 saturated heterocycles. The van der Waals surface area contributed by atoms with E-state index in [4.69, 9.17) is 22.9 Å². The maximum absolute atomic E-state index is 14.9. The lowest BCUT2D eigenvalue weighted by atomic mass is 10.0. The van der Waals surface area contributed by atoms with E-state index >= 15 is 0 Å². The largest absolute Gasteiger partial charge is 0.508 e. The fourth-order valence-electron chi connectivity index (χ4n) is 10.1. The summed E-state index contributed by atoms with van der Waals surface area (Å²) in [5.74, 6) is -12.0. The topological polar surface area (TPSA) is 510 Å². The number of carboxylic acids is 1. The molecule has 0 aromatic heterocycles. The normalized spacial score (nSPS) is 16.4. The van der Waals surface area contributed by atoms with Gasteiger partial charge >= 0.3 is 5.97 Å². The number of carbonyl (C=O) groups excluding carboxylic acids is 11. The third kappa shape index (κ3) is 24.8. The first-order chi connectivity index (χ1) is 43.5. The number of nitrogens with one attached hydrogen (secondary N) is 8. The van der Waals surface area contributed by atoms with Gasteiger partial charge in [-0.15, -0.1) is 0 Å². The summed E-state index contributed by atoms with van der Waals surface area (Å²) in [5, 5.41) is 72.1. The van der Waals surface area contributed by atoms with Crippen molar-refractivity contribution in [2.24, 2.45) is 28.9 Å². The molecule has 3 aromatic carbocycles. The van der Waals surface area contributed by atoms with Crippen molar-refractivity contribution in [1.82, 2.24) is 47.4 Å². The number of phenols is 2. The molecule has 30 nitrogen and oxygen atoms in total. The van der Waals surface area contributed by atoms with Gasteiger partial charge in [-0.25, -0.2) is 4.79 Å². The van der Waals surface area contributed by atoms with Gasteiger partial charge in [0, 0.05) is 38.6 Å². The van der Waals surface area contributed by atoms with Crippen LogP contribution in [0.3, 0.4) is 0 Å². The number of primary amides is 2. The Balaban J connectivity index is 1.60. The lowest BCUT2D eigenvalue weighted by Crippen LogP contribution is -2.62. The van der Waals surface area contributed by atoms with Gasteiger partial charge in [0.25, 0.3) is 0 Å². The number of hydrogen-bond acceptors (Lipinski definition) is 18. The summed E-state index contributed by atoms with van der Waals surface area (Å²) in [7, 11) is 0. The molecule has 30 heteroatoms. The minimum Gasteiger partial charge on any atom is -0.508 e. The standard InChI is InChI=1S/C62H89N13O17/c1-33(2)29-44(57(86)74-52(35(4)77)60(89)72-47(62(91)92)32-36-11-6-5-7-12-36)70-58(87)48-14-10-28-75(48)61(90)46(31-38-17-21-40(79)22-18-38)71-59(88)51(34(3)76)73-55(84)42(13-8-9-27-63)68-56(85)45(30-37-15-19-39(78)20-16-37)69-54(83)43(24-26-50(66)81)67-53(82)41(64)23-25-49(65)80/h5-7,11-12,15-22,33-35,41-48,51-52,76-79H,8-10,13-14,23-32,63-64H2,1-4H3,(H2,65,80)(H2,66,81)(H,67,82)(H,68,85)(H,69,83)(H,70,87)(H,71,88)(H,72,89)(H,73,84)(H,74,86)(H,91,92)/t34-,35-,41+,42+,43+,44+,45+,46+,47+,48+,51+,52+/m1/s1. The number of aliphatic hydroxyl groups excluding tert-OH is 2. The maximum atomic E-state index is 14.9. The van der Waals surface area contributed by atoms with Crippen LogP contribution in [0.25, 0.3) is 0 Å². The van der Waals surface area contributed by atoms with E-state index in [1.807, 2.05) is 0 Å². The van der Waals surface area contributed by atoms with Gasteiger partial charge in [-0.2, -0.15) is 0 Å². The molecule has 1 aliphatic heterocycles. The zero-order valence-electron chi connectivity index (χ0n) is 52.0. The summed E-state index contributed by atoms with van der Waals surface area (Å²) in [6.07, 6.45) is -4.36. The predicted octanol–water partition coefficient (Wildman–Crippen LogP) is -3.13. The summed E-state index contributed by atoms with van der Waals surface area (Å²) in [6.45, 7) is 6.03. The van der Waals surface area contributed by atoms with Crippen molar-refractivity contribution in [3.8, 4) is 11.5 Å². The lowest BCUT2D eigenvalue weighted by Gasteiger charge is -2.32. The van der Waals surface area contributed by atoms with E-state index in [0.29, 0.717) is 23.1 Å². The predicted molar refractivity (Wildman–Crippen MR) is 332 cm³/mol. The molecule has 21 N–H and O–H groups in total. The number of rotatable bonds is 38. The SMILES string of the molecule is CC(C)C[C@H](NC(=O)[C@@H]1CCCN1C(=O)[C@H](Cc1ccc(O)cc1)NC(=O)[C@@H](NC(=O)[C@H](CCCCN)NC(=O)[C@H](Cc1ccc(O)cc1)NC(=O)[C@H](CCC(N)=O)NC(=O)[C@@H](N)CCC(N)=O)[C@@H](C)O)C(=O)N[C@H](C(=O)N[C@@H](Cc1ccccc1)C(=O)O)[C@@H](C)O. The smallest absolute Gasteiger partial charge is 0.326 e. The zero-order chi connectivity index (χ0) is 68.4. The molecular weight excluding hydrogens is 1200 g/mol. The minimum absolute atomic E-state index is 0.00172. The van der Waals surface area contributed by atoms with Gasteiger partial charge in [0.05, 0.1) is 18.2 Å². The van der Waals surface area contributed by atoms with Crippen LogP contribution in [0.4, 0.5) is 0 Å². The fourth-order valence-corrected chi connectivity index (χ4v) is 10.1. The first-order valence-electron chi connectivity index (χ1n) is 30.4. The van der Waals surface area contributed by atoms with Gasteiger partial charge in [-0.1, -0.05) is 68.4 Å². The van der Waals surface area contributed by atoms with Crippen molar-refractivity contribution < 1.29 is 83.1 Å². The van der Waals surface area contributed by atoms with E-state index in [0.717, 1.165) is 0 Å². The molecule has 504 valence electrons. The minimum atomic E-state index is -1.85. The van der Waals surface area contributed by atoms with Crippen LogP contribution in [0.5, 0.6) is 11.5 Å². The van der Waals surface area contributed by atoms with Crippen LogP contribution in [0.1, 0.15) is 109 Å². The second-order valence-corrected chi connectivity index (χ2v) is 23.3. The molecular formula is C62H89N13O17. The Morgan fingerprint density at radius 2 is 0.946 bits per heavy atom. The Morgan fingerprint density at radius 3 is 1.46 bits per heavy atom. The van der Waals surface area contributed by atoms with Crippen LogP contribution in [0, 0.1) is 5.92 Å². The highest BCUT2D eigenvalue weighted by molar-refractivity contribution is 5.99. The number of unbranched alkanes of at least 4 members (excludes halogenated alkanes) is 1. The number of nitrogens with zero attached hydrogens (tertiary/aromatic N) is 1. The van der Waals surface area contributed by atoms with Crippen molar-refractivity contribution in [3.05, 3.63) is 95.6 Å². The van der Waals surface area contributed by atoms with Gasteiger partial charge < -0.3 is 95.9 Å². The maximum Gasteiger partial charge on any atom is 0.326 e. The van der Waals surface area contributed by atoms with Gasteiger partial charge in [0.2, 0.25) is 65.0 Å². The summed E-state index contributed by atoms with van der Waals surface area (Å²) in [4.78, 5) is 164. The first-order valence-corrected chi connectivity index (χ1v) is 30.4. The van der Waals surface area contributed by atoms with E-state index in [1.165, 1.54) is 67.3 Å². The summed E-state index contributed by atoms with van der Waals surface area (Å²) in [5.41, 5.74) is 23.7. The van der Waals surface area contributed by atoms with Crippen molar-refractivity contribution in [2.45, 2.75) is 184 Å². The van der Waals surface area contributed by atoms with Crippen LogP contribution in [-0.4, -0.2) is 187 Å². The highest BCUT2D eigenvalue weighted by Crippen LogP contribution is 2.22. The molecule has 0 unspecified atom stereocenters. The van der Waals surface area contributed by atoms with Crippen LogP contribution in [0.2, 0.25) is 0 Å². The van der Waals surface area contributed by atoms with Gasteiger partial charge in [-0.05, 0) is 119 Å². The average molecular weight is 1290 g/mol. The average Bonchev–Trinajstić information content (AvgIpc) is 1.63. The third-order valence-corrected chi connectivity index (χ3v) is 15.1. The number of hydrogen-bond donors (Lipinski definition) is 17. The summed E-state index contributed by atoms with van der Waals surface area (Å²) >= 11 is 0. The summed E-state index contributed by atoms with van der Waals surface area (Å²) < 4.78 is 0. The number of amides is 11. The second kappa shape index (κ2) is 37.2. The summed E-state index contributed by atoms with van der Waals surface area (Å²) in [6, 6.07) is 4.54. The fraction of sp³-hybridized carbons (Fsp3) is 0.516. The molecule has 0 radical (unpaired) electrons. The number of nitrogens with two attached hydrogens (primary N) is 4.